The van der Waals surface area contributed by atoms with E-state index in [-0.39, 0.29) is 11.8 Å². The summed E-state index contributed by atoms with van der Waals surface area (Å²) in [5.41, 5.74) is 4.40. The average Bonchev–Trinajstić information content (AvgIpc) is 2.51. The van der Waals surface area contributed by atoms with E-state index < -0.39 is 0 Å². The summed E-state index contributed by atoms with van der Waals surface area (Å²) >= 11 is 0. The van der Waals surface area contributed by atoms with Gasteiger partial charge in [-0.15, -0.1) is 0 Å². The zero-order chi connectivity index (χ0) is 13.9. The van der Waals surface area contributed by atoms with Crippen molar-refractivity contribution >= 4 is 17.2 Å². The molecule has 0 saturated carbocycles. The first-order chi connectivity index (χ1) is 9.75. The van der Waals surface area contributed by atoms with Crippen molar-refractivity contribution in [3.63, 3.8) is 0 Å². The van der Waals surface area contributed by atoms with Crippen LogP contribution in [0.15, 0.2) is 60.7 Å². The fraction of sp³-hybridized carbons (Fsp3) is 0.167. The summed E-state index contributed by atoms with van der Waals surface area (Å²) in [5, 5.41) is 3.07. The topological polar surface area (TPSA) is 29.1 Å². The molecule has 1 aliphatic heterocycles. The molecule has 100 valence electrons. The van der Waals surface area contributed by atoms with E-state index in [4.69, 9.17) is 0 Å². The second-order valence-corrected chi connectivity index (χ2v) is 5.18. The highest BCUT2D eigenvalue weighted by molar-refractivity contribution is 6.02. The van der Waals surface area contributed by atoms with E-state index in [1.807, 2.05) is 55.5 Å². The molecule has 1 N–H and O–H groups in total. The number of nitrogens with one attached hydrogen (secondary N) is 1. The molecule has 0 radical (unpaired) electrons. The third-order valence-electron chi connectivity index (χ3n) is 3.69. The van der Waals surface area contributed by atoms with Crippen molar-refractivity contribution in [3.8, 4) is 0 Å². The van der Waals surface area contributed by atoms with Crippen LogP contribution in [0.3, 0.4) is 0 Å². The molecule has 0 spiro atoms. The van der Waals surface area contributed by atoms with E-state index in [1.165, 1.54) is 11.1 Å². The summed E-state index contributed by atoms with van der Waals surface area (Å²) in [6.07, 6.45) is 0.778. The van der Waals surface area contributed by atoms with Gasteiger partial charge in [0.1, 0.15) is 0 Å². The van der Waals surface area contributed by atoms with Gasteiger partial charge in [-0.05, 0) is 23.1 Å². The van der Waals surface area contributed by atoms with Gasteiger partial charge in [0.05, 0.1) is 5.70 Å². The quantitative estimate of drug-likeness (QED) is 0.879. The molecule has 3 rings (SSSR count). The van der Waals surface area contributed by atoms with Crippen LogP contribution in [0.2, 0.25) is 0 Å². The highest BCUT2D eigenvalue weighted by Gasteiger charge is 2.25. The number of hydrogen-bond acceptors (Lipinski definition) is 1. The van der Waals surface area contributed by atoms with Crippen LogP contribution in [-0.4, -0.2) is 5.91 Å². The molecule has 0 bridgehead atoms. The number of carbonyl (C=O) groups is 1. The Labute approximate surface area is 119 Å². The van der Waals surface area contributed by atoms with Gasteiger partial charge >= 0.3 is 0 Å². The van der Waals surface area contributed by atoms with Gasteiger partial charge in [-0.25, -0.2) is 0 Å². The second-order valence-electron chi connectivity index (χ2n) is 5.18. The third-order valence-corrected chi connectivity index (χ3v) is 3.69. The number of allylic oxidation sites excluding steroid dienone is 1. The molecule has 0 aromatic heterocycles. The molecule has 2 nitrogen and oxygen atoms in total. The van der Waals surface area contributed by atoms with Gasteiger partial charge in [0.25, 0.3) is 0 Å². The van der Waals surface area contributed by atoms with E-state index in [0.29, 0.717) is 0 Å². The lowest BCUT2D eigenvalue weighted by atomic mass is 9.88. The highest BCUT2D eigenvalue weighted by atomic mass is 16.1. The van der Waals surface area contributed by atoms with Crippen molar-refractivity contribution in [2.45, 2.75) is 13.3 Å². The fourth-order valence-corrected chi connectivity index (χ4v) is 2.58. The summed E-state index contributed by atoms with van der Waals surface area (Å²) < 4.78 is 0. The van der Waals surface area contributed by atoms with Gasteiger partial charge < -0.3 is 5.32 Å². The number of amides is 1. The van der Waals surface area contributed by atoms with Gasteiger partial charge in [0.2, 0.25) is 5.91 Å². The van der Waals surface area contributed by atoms with Crippen molar-refractivity contribution in [1.82, 2.24) is 5.32 Å². The molecule has 2 aromatic carbocycles. The minimum atomic E-state index is 0.0117. The van der Waals surface area contributed by atoms with Crippen LogP contribution < -0.4 is 5.32 Å². The lowest BCUT2D eigenvalue weighted by Gasteiger charge is -2.26. The predicted octanol–water partition coefficient (Wildman–Crippen LogP) is 3.71. The molecule has 20 heavy (non-hydrogen) atoms. The smallest absolute Gasteiger partial charge is 0.227 e. The van der Waals surface area contributed by atoms with Gasteiger partial charge in [-0.2, -0.15) is 0 Å². The van der Waals surface area contributed by atoms with Crippen molar-refractivity contribution in [2.75, 3.05) is 0 Å². The average molecular weight is 263 g/mol. The minimum absolute atomic E-state index is 0.0117. The van der Waals surface area contributed by atoms with E-state index in [0.717, 1.165) is 17.7 Å². The first-order valence-corrected chi connectivity index (χ1v) is 6.90. The van der Waals surface area contributed by atoms with Crippen LogP contribution in [0.5, 0.6) is 0 Å². The Morgan fingerprint density at radius 2 is 1.45 bits per heavy atom. The zero-order valence-corrected chi connectivity index (χ0v) is 11.5. The van der Waals surface area contributed by atoms with Crippen molar-refractivity contribution < 1.29 is 4.79 Å². The standard InChI is InChI=1S/C18H17NO/c1-13-12-16(14-8-4-2-5-9-14)17(19-18(13)20)15-10-6-3-7-11-15/h2-11,13H,12H2,1H3,(H,19,20). The largest absolute Gasteiger partial charge is 0.325 e. The molecule has 1 unspecified atom stereocenters. The Hall–Kier alpha value is -2.35. The maximum Gasteiger partial charge on any atom is 0.227 e. The van der Waals surface area contributed by atoms with Gasteiger partial charge in [0, 0.05) is 5.92 Å². The van der Waals surface area contributed by atoms with Crippen LogP contribution in [0.25, 0.3) is 11.3 Å². The number of rotatable bonds is 2. The molecule has 2 aromatic rings. The first-order valence-electron chi connectivity index (χ1n) is 6.90. The highest BCUT2D eigenvalue weighted by Crippen LogP contribution is 2.33. The molecular weight excluding hydrogens is 246 g/mol. The molecule has 1 amide bonds. The normalized spacial score (nSPS) is 18.9. The van der Waals surface area contributed by atoms with Gasteiger partial charge in [0.15, 0.2) is 0 Å². The molecule has 0 saturated heterocycles. The van der Waals surface area contributed by atoms with Crippen LogP contribution in [0.1, 0.15) is 24.5 Å². The van der Waals surface area contributed by atoms with E-state index in [2.05, 4.69) is 17.4 Å². The van der Waals surface area contributed by atoms with Crippen LogP contribution in [0, 0.1) is 5.92 Å². The van der Waals surface area contributed by atoms with Crippen molar-refractivity contribution in [3.05, 3.63) is 71.8 Å². The summed E-state index contributed by atoms with van der Waals surface area (Å²) in [7, 11) is 0. The Balaban J connectivity index is 2.14. The molecule has 0 fully saturated rings. The molecule has 2 heteroatoms. The van der Waals surface area contributed by atoms with Gasteiger partial charge in [-0.3, -0.25) is 4.79 Å². The lowest BCUT2D eigenvalue weighted by Crippen LogP contribution is -2.33. The van der Waals surface area contributed by atoms with E-state index in [1.54, 1.807) is 0 Å². The Morgan fingerprint density at radius 1 is 0.900 bits per heavy atom. The molecule has 1 heterocycles. The SMILES string of the molecule is CC1CC(c2ccccc2)=C(c2ccccc2)NC1=O. The summed E-state index contributed by atoms with van der Waals surface area (Å²) in [6.45, 7) is 1.97. The summed E-state index contributed by atoms with van der Waals surface area (Å²) in [4.78, 5) is 12.0. The number of carbonyl (C=O) groups excluding carboxylic acids is 1. The van der Waals surface area contributed by atoms with Gasteiger partial charge in [-0.1, -0.05) is 67.6 Å². The molecular formula is C18H17NO. The maximum atomic E-state index is 12.0. The van der Waals surface area contributed by atoms with E-state index >= 15 is 0 Å². The number of hydrogen-bond donors (Lipinski definition) is 1. The lowest BCUT2D eigenvalue weighted by molar-refractivity contribution is -0.123. The molecule has 1 aliphatic rings. The van der Waals surface area contributed by atoms with Crippen LogP contribution in [0.4, 0.5) is 0 Å². The summed E-state index contributed by atoms with van der Waals surface area (Å²) in [5.74, 6) is 0.112. The first kappa shape index (κ1) is 12.7. The molecule has 0 aliphatic carbocycles. The predicted molar refractivity (Wildman–Crippen MR) is 81.6 cm³/mol. The fourth-order valence-electron chi connectivity index (χ4n) is 2.58. The number of benzene rings is 2. The van der Waals surface area contributed by atoms with Crippen LogP contribution in [-0.2, 0) is 4.79 Å². The summed E-state index contributed by atoms with van der Waals surface area (Å²) in [6, 6.07) is 20.3. The molecule has 1 atom stereocenters. The Morgan fingerprint density at radius 3 is 2.05 bits per heavy atom. The van der Waals surface area contributed by atoms with Crippen molar-refractivity contribution in [2.24, 2.45) is 5.92 Å². The Kier molecular flexibility index (Phi) is 3.38. The van der Waals surface area contributed by atoms with Crippen molar-refractivity contribution in [1.29, 1.82) is 0 Å². The Bertz CT molecular complexity index is 644. The maximum absolute atomic E-state index is 12.0. The second kappa shape index (κ2) is 5.33. The third kappa shape index (κ3) is 2.37. The monoisotopic (exact) mass is 263 g/mol. The van der Waals surface area contributed by atoms with E-state index in [9.17, 15) is 4.79 Å². The zero-order valence-electron chi connectivity index (χ0n) is 11.5. The minimum Gasteiger partial charge on any atom is -0.325 e. The van der Waals surface area contributed by atoms with Crippen LogP contribution >= 0.6 is 0 Å².